The number of anilines is 1. The number of nitrogens with one attached hydrogen (secondary N) is 3. The predicted molar refractivity (Wildman–Crippen MR) is 121 cm³/mol. The highest BCUT2D eigenvalue weighted by molar-refractivity contribution is 5.94. The third-order valence-electron chi connectivity index (χ3n) is 4.44. The number of rotatable bonds is 8. The standard InChI is InChI=1S/C24H31N3O4/c1-17-9-5-6-10-18(17)13-14-21(28)25-15-19-11-7-8-12-20(19)27-22(29)16-26-23(30)31-24(2,3)4/h5-12H,13-16H2,1-4H3,(H,25,28)(H,26,30)(H,27,29). The molecule has 7 nitrogen and oxygen atoms in total. The Labute approximate surface area is 183 Å². The average Bonchev–Trinajstić information content (AvgIpc) is 2.70. The quantitative estimate of drug-likeness (QED) is 0.601. The van der Waals surface area contributed by atoms with Crippen molar-refractivity contribution < 1.29 is 19.1 Å². The summed E-state index contributed by atoms with van der Waals surface area (Å²) in [5, 5.41) is 8.08. The van der Waals surface area contributed by atoms with Crippen molar-refractivity contribution in [2.45, 2.75) is 52.7 Å². The first-order valence-corrected chi connectivity index (χ1v) is 10.3. The number of aryl methyl sites for hydroxylation is 2. The summed E-state index contributed by atoms with van der Waals surface area (Å²) in [6.45, 7) is 7.35. The van der Waals surface area contributed by atoms with E-state index in [0.29, 0.717) is 25.1 Å². The molecule has 0 fully saturated rings. The highest BCUT2D eigenvalue weighted by Gasteiger charge is 2.17. The van der Waals surface area contributed by atoms with Gasteiger partial charge in [0.05, 0.1) is 0 Å². The van der Waals surface area contributed by atoms with Gasteiger partial charge < -0.3 is 20.7 Å². The minimum Gasteiger partial charge on any atom is -0.444 e. The summed E-state index contributed by atoms with van der Waals surface area (Å²) in [4.78, 5) is 36.1. The predicted octanol–water partition coefficient (Wildman–Crippen LogP) is 3.71. The van der Waals surface area contributed by atoms with Gasteiger partial charge in [0.1, 0.15) is 12.1 Å². The second-order valence-electron chi connectivity index (χ2n) is 8.26. The van der Waals surface area contributed by atoms with Gasteiger partial charge in [-0.2, -0.15) is 0 Å². The summed E-state index contributed by atoms with van der Waals surface area (Å²) in [5.41, 5.74) is 3.05. The smallest absolute Gasteiger partial charge is 0.408 e. The van der Waals surface area contributed by atoms with Crippen LogP contribution in [-0.2, 0) is 27.3 Å². The molecule has 0 saturated heterocycles. The second kappa shape index (κ2) is 11.2. The zero-order chi connectivity index (χ0) is 22.9. The van der Waals surface area contributed by atoms with E-state index in [1.54, 1.807) is 32.9 Å². The molecule has 2 aromatic rings. The summed E-state index contributed by atoms with van der Waals surface area (Å²) in [6.07, 6.45) is 0.406. The molecule has 31 heavy (non-hydrogen) atoms. The van der Waals surface area contributed by atoms with Crippen LogP contribution in [0.4, 0.5) is 10.5 Å². The Balaban J connectivity index is 1.83. The maximum Gasteiger partial charge on any atom is 0.408 e. The van der Waals surface area contributed by atoms with Crippen molar-refractivity contribution in [3.63, 3.8) is 0 Å². The zero-order valence-electron chi connectivity index (χ0n) is 18.6. The molecule has 0 spiro atoms. The summed E-state index contributed by atoms with van der Waals surface area (Å²) in [6, 6.07) is 15.2. The number of carbonyl (C=O) groups excluding carboxylic acids is 3. The molecule has 166 valence electrons. The number of benzene rings is 2. The summed E-state index contributed by atoms with van der Waals surface area (Å²) < 4.78 is 5.11. The first-order chi connectivity index (χ1) is 14.6. The minimum absolute atomic E-state index is 0.0593. The molecule has 0 aromatic heterocycles. The van der Waals surface area contributed by atoms with Crippen LogP contribution < -0.4 is 16.0 Å². The number of hydrogen-bond donors (Lipinski definition) is 3. The molecular weight excluding hydrogens is 394 g/mol. The first-order valence-electron chi connectivity index (χ1n) is 10.3. The molecule has 0 bridgehead atoms. The lowest BCUT2D eigenvalue weighted by Gasteiger charge is -2.19. The van der Waals surface area contributed by atoms with Crippen LogP contribution >= 0.6 is 0 Å². The number of amides is 3. The minimum atomic E-state index is -0.656. The molecule has 0 unspecified atom stereocenters. The Morgan fingerprint density at radius 1 is 0.871 bits per heavy atom. The highest BCUT2D eigenvalue weighted by Crippen LogP contribution is 2.15. The Morgan fingerprint density at radius 3 is 2.19 bits per heavy atom. The van der Waals surface area contributed by atoms with Crippen LogP contribution in [-0.4, -0.2) is 30.1 Å². The topological polar surface area (TPSA) is 96.5 Å². The number of ether oxygens (including phenoxy) is 1. The van der Waals surface area contributed by atoms with Crippen LogP contribution in [0.15, 0.2) is 48.5 Å². The van der Waals surface area contributed by atoms with E-state index >= 15 is 0 Å². The van der Waals surface area contributed by atoms with E-state index in [1.165, 1.54) is 5.56 Å². The fourth-order valence-electron chi connectivity index (χ4n) is 2.88. The molecule has 7 heteroatoms. The number of para-hydroxylation sites is 1. The maximum atomic E-state index is 12.3. The summed E-state index contributed by atoms with van der Waals surface area (Å²) >= 11 is 0. The van der Waals surface area contributed by atoms with E-state index in [-0.39, 0.29) is 18.4 Å². The van der Waals surface area contributed by atoms with Gasteiger partial charge in [-0.1, -0.05) is 42.5 Å². The van der Waals surface area contributed by atoms with Crippen LogP contribution in [0.5, 0.6) is 0 Å². The van der Waals surface area contributed by atoms with Gasteiger partial charge in [0, 0.05) is 18.7 Å². The molecule has 3 amide bonds. The van der Waals surface area contributed by atoms with Gasteiger partial charge in [-0.25, -0.2) is 4.79 Å². The Hall–Kier alpha value is -3.35. The molecule has 3 N–H and O–H groups in total. The number of carbonyl (C=O) groups is 3. The van der Waals surface area contributed by atoms with Gasteiger partial charge in [0.25, 0.3) is 0 Å². The Morgan fingerprint density at radius 2 is 1.52 bits per heavy atom. The van der Waals surface area contributed by atoms with Crippen molar-refractivity contribution in [1.29, 1.82) is 0 Å². The van der Waals surface area contributed by atoms with Crippen molar-refractivity contribution in [3.05, 3.63) is 65.2 Å². The summed E-state index contributed by atoms with van der Waals surface area (Å²) in [5.74, 6) is -0.444. The molecule has 0 saturated carbocycles. The van der Waals surface area contributed by atoms with Crippen LogP contribution in [0.1, 0.15) is 43.9 Å². The average molecular weight is 426 g/mol. The van der Waals surface area contributed by atoms with E-state index < -0.39 is 11.7 Å². The zero-order valence-corrected chi connectivity index (χ0v) is 18.6. The van der Waals surface area contributed by atoms with E-state index in [9.17, 15) is 14.4 Å². The van der Waals surface area contributed by atoms with Crippen molar-refractivity contribution in [2.24, 2.45) is 0 Å². The SMILES string of the molecule is Cc1ccccc1CCC(=O)NCc1ccccc1NC(=O)CNC(=O)OC(C)(C)C. The van der Waals surface area contributed by atoms with Crippen molar-refractivity contribution in [3.8, 4) is 0 Å². The fourth-order valence-corrected chi connectivity index (χ4v) is 2.88. The third kappa shape index (κ3) is 8.90. The van der Waals surface area contributed by atoms with E-state index in [4.69, 9.17) is 4.74 Å². The van der Waals surface area contributed by atoms with Crippen LogP contribution in [0.3, 0.4) is 0 Å². The summed E-state index contributed by atoms with van der Waals surface area (Å²) in [7, 11) is 0. The lowest BCUT2D eigenvalue weighted by atomic mass is 10.0. The molecule has 0 atom stereocenters. The van der Waals surface area contributed by atoms with Gasteiger partial charge in [0.15, 0.2) is 0 Å². The lowest BCUT2D eigenvalue weighted by molar-refractivity contribution is -0.121. The molecular formula is C24H31N3O4. The maximum absolute atomic E-state index is 12.3. The van der Waals surface area contributed by atoms with Crippen LogP contribution in [0, 0.1) is 6.92 Å². The largest absolute Gasteiger partial charge is 0.444 e. The Bertz CT molecular complexity index is 919. The lowest BCUT2D eigenvalue weighted by Crippen LogP contribution is -2.37. The van der Waals surface area contributed by atoms with Crippen molar-refractivity contribution in [2.75, 3.05) is 11.9 Å². The van der Waals surface area contributed by atoms with E-state index in [1.807, 2.05) is 43.3 Å². The highest BCUT2D eigenvalue weighted by atomic mass is 16.6. The van der Waals surface area contributed by atoms with Crippen molar-refractivity contribution >= 4 is 23.6 Å². The third-order valence-corrected chi connectivity index (χ3v) is 4.44. The Kier molecular flexibility index (Phi) is 8.61. The van der Waals surface area contributed by atoms with Crippen LogP contribution in [0.2, 0.25) is 0 Å². The fraction of sp³-hybridized carbons (Fsp3) is 0.375. The number of hydrogen-bond acceptors (Lipinski definition) is 4. The number of alkyl carbamates (subject to hydrolysis) is 1. The van der Waals surface area contributed by atoms with Crippen LogP contribution in [0.25, 0.3) is 0 Å². The molecule has 0 aliphatic carbocycles. The van der Waals surface area contributed by atoms with E-state index in [2.05, 4.69) is 16.0 Å². The normalized spacial score (nSPS) is 10.8. The van der Waals surface area contributed by atoms with Gasteiger partial charge in [0.2, 0.25) is 11.8 Å². The molecule has 0 radical (unpaired) electrons. The van der Waals surface area contributed by atoms with Gasteiger partial charge in [-0.15, -0.1) is 0 Å². The van der Waals surface area contributed by atoms with Gasteiger partial charge in [-0.05, 0) is 56.9 Å². The van der Waals surface area contributed by atoms with Gasteiger partial charge >= 0.3 is 6.09 Å². The molecule has 2 aromatic carbocycles. The van der Waals surface area contributed by atoms with Crippen molar-refractivity contribution in [1.82, 2.24) is 10.6 Å². The molecule has 0 aliphatic rings. The molecule has 2 rings (SSSR count). The molecule has 0 aliphatic heterocycles. The van der Waals surface area contributed by atoms with E-state index in [0.717, 1.165) is 11.1 Å². The molecule has 0 heterocycles. The monoisotopic (exact) mass is 425 g/mol. The first kappa shape index (κ1) is 23.9. The van der Waals surface area contributed by atoms with Gasteiger partial charge in [-0.3, -0.25) is 9.59 Å². The second-order valence-corrected chi connectivity index (χ2v) is 8.26.